The lowest BCUT2D eigenvalue weighted by Gasteiger charge is -2.16. The van der Waals surface area contributed by atoms with Crippen LogP contribution < -0.4 is 11.1 Å². The third-order valence-electron chi connectivity index (χ3n) is 3.19. The summed E-state index contributed by atoms with van der Waals surface area (Å²) in [4.78, 5) is 2.51. The summed E-state index contributed by atoms with van der Waals surface area (Å²) in [6.45, 7) is 6.79. The highest BCUT2D eigenvalue weighted by Gasteiger charge is 2.10. The number of anilines is 2. The van der Waals surface area contributed by atoms with Crippen LogP contribution in [0.3, 0.4) is 0 Å². The molecule has 0 unspecified atom stereocenters. The van der Waals surface area contributed by atoms with E-state index in [1.54, 1.807) is 0 Å². The molecule has 3 nitrogen and oxygen atoms in total. The molecule has 0 saturated carbocycles. The third-order valence-corrected chi connectivity index (χ3v) is 3.19. The molecular formula is C13H23Cl2N3. The van der Waals surface area contributed by atoms with Crippen LogP contribution in [0.1, 0.15) is 18.4 Å². The summed E-state index contributed by atoms with van der Waals surface area (Å²) in [5, 5.41) is 3.47. The van der Waals surface area contributed by atoms with Crippen LogP contribution in [-0.2, 0) is 0 Å². The van der Waals surface area contributed by atoms with Gasteiger partial charge in [-0.25, -0.2) is 0 Å². The van der Waals surface area contributed by atoms with Crippen molar-refractivity contribution in [2.24, 2.45) is 0 Å². The molecule has 1 aliphatic heterocycles. The van der Waals surface area contributed by atoms with Crippen LogP contribution in [0.4, 0.5) is 11.4 Å². The van der Waals surface area contributed by atoms with Gasteiger partial charge in [-0.15, -0.1) is 24.8 Å². The Bertz CT molecular complexity index is 352. The highest BCUT2D eigenvalue weighted by atomic mass is 35.5. The molecule has 1 aromatic rings. The normalized spacial score (nSPS) is 14.7. The molecule has 1 aliphatic rings. The molecular weight excluding hydrogens is 269 g/mol. The molecule has 5 heteroatoms. The molecule has 1 saturated heterocycles. The van der Waals surface area contributed by atoms with Gasteiger partial charge >= 0.3 is 0 Å². The molecule has 0 aromatic heterocycles. The second-order valence-corrected chi connectivity index (χ2v) is 4.55. The molecule has 0 amide bonds. The number of nitrogens with zero attached hydrogens (tertiary/aromatic N) is 1. The van der Waals surface area contributed by atoms with E-state index < -0.39 is 0 Å². The monoisotopic (exact) mass is 291 g/mol. The maximum absolute atomic E-state index is 5.72. The van der Waals surface area contributed by atoms with E-state index in [0.29, 0.717) is 0 Å². The number of hydrogen-bond acceptors (Lipinski definition) is 3. The lowest BCUT2D eigenvalue weighted by molar-refractivity contribution is 0.352. The molecule has 0 atom stereocenters. The fourth-order valence-corrected chi connectivity index (χ4v) is 2.24. The molecule has 1 fully saturated rings. The fraction of sp³-hybridized carbons (Fsp3) is 0.538. The Labute approximate surface area is 122 Å². The van der Waals surface area contributed by atoms with Crippen LogP contribution in [0.5, 0.6) is 0 Å². The van der Waals surface area contributed by atoms with E-state index in [1.807, 2.05) is 12.1 Å². The second kappa shape index (κ2) is 8.46. The SMILES string of the molecule is Cc1cc(N)ccc1NCCN1CCCC1.Cl.Cl. The van der Waals surface area contributed by atoms with Crippen molar-refractivity contribution < 1.29 is 0 Å². The molecule has 0 radical (unpaired) electrons. The Balaban J connectivity index is 0.00000144. The molecule has 0 bridgehead atoms. The largest absolute Gasteiger partial charge is 0.399 e. The summed E-state index contributed by atoms with van der Waals surface area (Å²) in [5.41, 5.74) is 8.98. The highest BCUT2D eigenvalue weighted by Crippen LogP contribution is 2.17. The van der Waals surface area contributed by atoms with Crippen LogP contribution in [0.2, 0.25) is 0 Å². The van der Waals surface area contributed by atoms with Gasteiger partial charge in [-0.3, -0.25) is 0 Å². The average molecular weight is 292 g/mol. The predicted octanol–water partition coefficient (Wildman–Crippen LogP) is 2.93. The zero-order valence-corrected chi connectivity index (χ0v) is 12.4. The van der Waals surface area contributed by atoms with Gasteiger partial charge < -0.3 is 16.0 Å². The van der Waals surface area contributed by atoms with Crippen molar-refractivity contribution in [2.45, 2.75) is 19.8 Å². The van der Waals surface area contributed by atoms with E-state index >= 15 is 0 Å². The Morgan fingerprint density at radius 3 is 2.50 bits per heavy atom. The highest BCUT2D eigenvalue weighted by molar-refractivity contribution is 5.85. The van der Waals surface area contributed by atoms with Gasteiger partial charge in [0.1, 0.15) is 0 Å². The zero-order valence-electron chi connectivity index (χ0n) is 10.8. The van der Waals surface area contributed by atoms with Crippen LogP contribution in [-0.4, -0.2) is 31.1 Å². The first-order chi connectivity index (χ1) is 7.75. The zero-order chi connectivity index (χ0) is 11.4. The summed E-state index contributed by atoms with van der Waals surface area (Å²) < 4.78 is 0. The minimum Gasteiger partial charge on any atom is -0.399 e. The van der Waals surface area contributed by atoms with Crippen molar-refractivity contribution >= 4 is 36.2 Å². The third kappa shape index (κ3) is 4.92. The minimum absolute atomic E-state index is 0. The number of likely N-dealkylation sites (tertiary alicyclic amines) is 1. The number of nitrogens with one attached hydrogen (secondary N) is 1. The summed E-state index contributed by atoms with van der Waals surface area (Å²) in [5.74, 6) is 0. The van der Waals surface area contributed by atoms with E-state index in [-0.39, 0.29) is 24.8 Å². The number of nitrogen functional groups attached to an aromatic ring is 1. The number of hydrogen-bond donors (Lipinski definition) is 2. The quantitative estimate of drug-likeness (QED) is 0.838. The first-order valence-corrected chi connectivity index (χ1v) is 6.08. The van der Waals surface area contributed by atoms with Crippen molar-refractivity contribution in [3.63, 3.8) is 0 Å². The molecule has 1 heterocycles. The molecule has 2 rings (SSSR count). The predicted molar refractivity (Wildman–Crippen MR) is 84.3 cm³/mol. The van der Waals surface area contributed by atoms with Crippen molar-refractivity contribution in [3.05, 3.63) is 23.8 Å². The standard InChI is InChI=1S/C13H21N3.2ClH/c1-11-10-12(14)4-5-13(11)15-6-9-16-7-2-3-8-16;;/h4-5,10,15H,2-3,6-9,14H2,1H3;2*1H. The lowest BCUT2D eigenvalue weighted by Crippen LogP contribution is -2.26. The van der Waals surface area contributed by atoms with Gasteiger partial charge in [-0.05, 0) is 56.6 Å². The van der Waals surface area contributed by atoms with Gasteiger partial charge in [0.05, 0.1) is 0 Å². The van der Waals surface area contributed by atoms with Crippen LogP contribution in [0, 0.1) is 6.92 Å². The topological polar surface area (TPSA) is 41.3 Å². The van der Waals surface area contributed by atoms with Crippen molar-refractivity contribution in [3.8, 4) is 0 Å². The molecule has 0 aliphatic carbocycles. The number of benzene rings is 1. The molecule has 0 spiro atoms. The van der Waals surface area contributed by atoms with Crippen molar-refractivity contribution in [1.29, 1.82) is 0 Å². The van der Waals surface area contributed by atoms with E-state index in [4.69, 9.17) is 5.73 Å². The molecule has 1 aromatic carbocycles. The van der Waals surface area contributed by atoms with Crippen LogP contribution >= 0.6 is 24.8 Å². The number of aryl methyl sites for hydroxylation is 1. The first-order valence-electron chi connectivity index (χ1n) is 6.08. The molecule has 18 heavy (non-hydrogen) atoms. The van der Waals surface area contributed by atoms with E-state index in [9.17, 15) is 0 Å². The van der Waals surface area contributed by atoms with Gasteiger partial charge in [0.15, 0.2) is 0 Å². The lowest BCUT2D eigenvalue weighted by atomic mass is 10.2. The summed E-state index contributed by atoms with van der Waals surface area (Å²) in [7, 11) is 0. The van der Waals surface area contributed by atoms with E-state index in [2.05, 4.69) is 23.2 Å². The van der Waals surface area contributed by atoms with E-state index in [1.165, 1.54) is 37.2 Å². The summed E-state index contributed by atoms with van der Waals surface area (Å²) in [6.07, 6.45) is 2.72. The number of nitrogens with two attached hydrogens (primary N) is 1. The second-order valence-electron chi connectivity index (χ2n) is 4.55. The maximum Gasteiger partial charge on any atom is 0.0371 e. The van der Waals surface area contributed by atoms with Crippen molar-refractivity contribution in [2.75, 3.05) is 37.2 Å². The first kappa shape index (κ1) is 17.4. The van der Waals surface area contributed by atoms with Gasteiger partial charge in [-0.2, -0.15) is 0 Å². The minimum atomic E-state index is 0. The summed E-state index contributed by atoms with van der Waals surface area (Å²) >= 11 is 0. The maximum atomic E-state index is 5.72. The van der Waals surface area contributed by atoms with Gasteiger partial charge in [0, 0.05) is 24.5 Å². The molecule has 3 N–H and O–H groups in total. The average Bonchev–Trinajstić information content (AvgIpc) is 2.74. The van der Waals surface area contributed by atoms with Gasteiger partial charge in [-0.1, -0.05) is 0 Å². The summed E-state index contributed by atoms with van der Waals surface area (Å²) in [6, 6.07) is 6.03. The van der Waals surface area contributed by atoms with Gasteiger partial charge in [0.2, 0.25) is 0 Å². The van der Waals surface area contributed by atoms with Gasteiger partial charge in [0.25, 0.3) is 0 Å². The molecule has 104 valence electrons. The Hall–Kier alpha value is -0.640. The number of halogens is 2. The van der Waals surface area contributed by atoms with E-state index in [0.717, 1.165) is 18.8 Å². The fourth-order valence-electron chi connectivity index (χ4n) is 2.24. The van der Waals surface area contributed by atoms with Crippen LogP contribution in [0.25, 0.3) is 0 Å². The number of rotatable bonds is 4. The van der Waals surface area contributed by atoms with Crippen molar-refractivity contribution in [1.82, 2.24) is 4.90 Å². The Kier molecular flexibility index (Phi) is 8.16. The Morgan fingerprint density at radius 1 is 1.22 bits per heavy atom. The van der Waals surface area contributed by atoms with Crippen LogP contribution in [0.15, 0.2) is 18.2 Å². The smallest absolute Gasteiger partial charge is 0.0371 e. The Morgan fingerprint density at radius 2 is 1.89 bits per heavy atom.